The normalized spacial score (nSPS) is 20.1. The van der Waals surface area contributed by atoms with Gasteiger partial charge in [-0.1, -0.05) is 13.8 Å². The third kappa shape index (κ3) is 5.04. The molecular formula is C13H27N3O. The zero-order valence-corrected chi connectivity index (χ0v) is 11.3. The van der Waals surface area contributed by atoms with Crippen LogP contribution in [0.1, 0.15) is 33.1 Å². The summed E-state index contributed by atoms with van der Waals surface area (Å²) in [6.45, 7) is 9.96. The van der Waals surface area contributed by atoms with Crippen LogP contribution in [0.3, 0.4) is 0 Å². The number of carbonyl (C=O) groups is 1. The molecular weight excluding hydrogens is 214 g/mol. The minimum absolute atomic E-state index is 0.321. The first-order valence-corrected chi connectivity index (χ1v) is 6.87. The van der Waals surface area contributed by atoms with Crippen molar-refractivity contribution >= 4 is 5.91 Å². The van der Waals surface area contributed by atoms with E-state index in [9.17, 15) is 4.79 Å². The summed E-state index contributed by atoms with van der Waals surface area (Å²) in [5.74, 6) is 0.870. The lowest BCUT2D eigenvalue weighted by atomic mass is 10.1. The maximum atomic E-state index is 11.8. The van der Waals surface area contributed by atoms with Gasteiger partial charge >= 0.3 is 0 Å². The molecule has 4 nitrogen and oxygen atoms in total. The minimum Gasteiger partial charge on any atom is -0.341 e. The average Bonchev–Trinajstić information content (AvgIpc) is 2.55. The van der Waals surface area contributed by atoms with E-state index < -0.39 is 0 Å². The highest BCUT2D eigenvalue weighted by Gasteiger charge is 2.18. The van der Waals surface area contributed by atoms with Crippen molar-refractivity contribution in [2.24, 2.45) is 11.7 Å². The molecule has 1 saturated heterocycles. The van der Waals surface area contributed by atoms with Gasteiger partial charge in [-0.3, -0.25) is 4.79 Å². The second kappa shape index (κ2) is 7.67. The molecule has 4 heteroatoms. The molecule has 0 spiro atoms. The molecule has 0 aromatic rings. The van der Waals surface area contributed by atoms with Gasteiger partial charge in [0.15, 0.2) is 0 Å². The molecule has 0 aliphatic carbocycles. The first kappa shape index (κ1) is 14.5. The lowest BCUT2D eigenvalue weighted by Crippen LogP contribution is -2.37. The van der Waals surface area contributed by atoms with Crippen molar-refractivity contribution in [1.29, 1.82) is 0 Å². The van der Waals surface area contributed by atoms with Crippen LogP contribution in [0.4, 0.5) is 0 Å². The van der Waals surface area contributed by atoms with Crippen LogP contribution in [0.2, 0.25) is 0 Å². The van der Waals surface area contributed by atoms with Gasteiger partial charge in [0.2, 0.25) is 5.91 Å². The number of hydrogen-bond donors (Lipinski definition) is 1. The molecule has 0 aromatic carbocycles. The first-order valence-electron chi connectivity index (χ1n) is 6.87. The van der Waals surface area contributed by atoms with E-state index in [1.807, 2.05) is 4.90 Å². The van der Waals surface area contributed by atoms with Crippen LogP contribution in [0.15, 0.2) is 0 Å². The van der Waals surface area contributed by atoms with Gasteiger partial charge in [-0.05, 0) is 31.8 Å². The predicted octanol–water partition coefficient (Wildman–Crippen LogP) is 0.916. The fourth-order valence-electron chi connectivity index (χ4n) is 2.29. The van der Waals surface area contributed by atoms with Gasteiger partial charge in [-0.15, -0.1) is 0 Å². The van der Waals surface area contributed by atoms with Crippen LogP contribution in [0, 0.1) is 5.92 Å². The molecule has 0 radical (unpaired) electrons. The molecule has 0 saturated carbocycles. The molecule has 2 N–H and O–H groups in total. The molecule has 1 aliphatic rings. The second-order valence-electron chi connectivity index (χ2n) is 5.13. The van der Waals surface area contributed by atoms with E-state index in [1.165, 1.54) is 0 Å². The number of hydrogen-bond acceptors (Lipinski definition) is 3. The number of nitrogens with zero attached hydrogens (tertiary/aromatic N) is 2. The monoisotopic (exact) mass is 241 g/mol. The fourth-order valence-corrected chi connectivity index (χ4v) is 2.29. The van der Waals surface area contributed by atoms with Crippen LogP contribution in [-0.2, 0) is 4.79 Å². The van der Waals surface area contributed by atoms with Crippen LogP contribution in [-0.4, -0.2) is 55.0 Å². The molecule has 1 rings (SSSR count). The van der Waals surface area contributed by atoms with Crippen molar-refractivity contribution in [1.82, 2.24) is 9.80 Å². The highest BCUT2D eigenvalue weighted by Crippen LogP contribution is 2.07. The van der Waals surface area contributed by atoms with Crippen LogP contribution < -0.4 is 5.73 Å². The van der Waals surface area contributed by atoms with E-state index in [0.29, 0.717) is 18.2 Å². The van der Waals surface area contributed by atoms with E-state index in [4.69, 9.17) is 5.73 Å². The Balaban J connectivity index is 2.36. The van der Waals surface area contributed by atoms with Crippen molar-refractivity contribution in [3.8, 4) is 0 Å². The Labute approximate surface area is 105 Å². The zero-order valence-electron chi connectivity index (χ0n) is 11.3. The Morgan fingerprint density at radius 1 is 1.29 bits per heavy atom. The number of rotatable bonds is 5. The van der Waals surface area contributed by atoms with E-state index in [2.05, 4.69) is 18.7 Å². The molecule has 1 atom stereocenters. The van der Waals surface area contributed by atoms with Crippen molar-refractivity contribution in [2.75, 3.05) is 39.3 Å². The summed E-state index contributed by atoms with van der Waals surface area (Å²) in [5, 5.41) is 0. The maximum absolute atomic E-state index is 11.8. The van der Waals surface area contributed by atoms with E-state index >= 15 is 0 Å². The van der Waals surface area contributed by atoms with Crippen LogP contribution >= 0.6 is 0 Å². The number of carbonyl (C=O) groups excluding carboxylic acids is 1. The number of nitrogens with two attached hydrogens (primary N) is 1. The third-order valence-electron chi connectivity index (χ3n) is 3.38. The first-order chi connectivity index (χ1) is 8.17. The molecule has 0 bridgehead atoms. The average molecular weight is 241 g/mol. The Morgan fingerprint density at radius 2 is 2.06 bits per heavy atom. The molecule has 1 fully saturated rings. The van der Waals surface area contributed by atoms with Crippen LogP contribution in [0.25, 0.3) is 0 Å². The van der Waals surface area contributed by atoms with Gasteiger partial charge < -0.3 is 15.5 Å². The van der Waals surface area contributed by atoms with Gasteiger partial charge in [0.1, 0.15) is 0 Å². The van der Waals surface area contributed by atoms with Crippen molar-refractivity contribution in [3.63, 3.8) is 0 Å². The SMILES string of the molecule is CCCC(=O)N1CCCN(CC(C)CN)CC1. The van der Waals surface area contributed by atoms with Crippen molar-refractivity contribution < 1.29 is 4.79 Å². The summed E-state index contributed by atoms with van der Waals surface area (Å²) >= 11 is 0. The third-order valence-corrected chi connectivity index (χ3v) is 3.38. The van der Waals surface area contributed by atoms with Gasteiger partial charge in [0, 0.05) is 32.6 Å². The van der Waals surface area contributed by atoms with Gasteiger partial charge in [-0.2, -0.15) is 0 Å². The molecule has 1 amide bonds. The topological polar surface area (TPSA) is 49.6 Å². The molecule has 1 aliphatic heterocycles. The Kier molecular flexibility index (Phi) is 6.52. The van der Waals surface area contributed by atoms with E-state index in [-0.39, 0.29) is 0 Å². The van der Waals surface area contributed by atoms with Gasteiger partial charge in [-0.25, -0.2) is 0 Å². The Hall–Kier alpha value is -0.610. The quantitative estimate of drug-likeness (QED) is 0.778. The van der Waals surface area contributed by atoms with Crippen molar-refractivity contribution in [2.45, 2.75) is 33.1 Å². The lowest BCUT2D eigenvalue weighted by Gasteiger charge is -2.24. The minimum atomic E-state index is 0.321. The van der Waals surface area contributed by atoms with Gasteiger partial charge in [0.25, 0.3) is 0 Å². The summed E-state index contributed by atoms with van der Waals surface area (Å²) in [4.78, 5) is 16.3. The Bertz CT molecular complexity index is 233. The molecule has 0 aromatic heterocycles. The van der Waals surface area contributed by atoms with E-state index in [1.54, 1.807) is 0 Å². The number of amides is 1. The largest absolute Gasteiger partial charge is 0.341 e. The fraction of sp³-hybridized carbons (Fsp3) is 0.923. The maximum Gasteiger partial charge on any atom is 0.222 e. The predicted molar refractivity (Wildman–Crippen MR) is 70.8 cm³/mol. The Morgan fingerprint density at radius 3 is 2.71 bits per heavy atom. The van der Waals surface area contributed by atoms with Gasteiger partial charge in [0.05, 0.1) is 0 Å². The molecule has 100 valence electrons. The lowest BCUT2D eigenvalue weighted by molar-refractivity contribution is -0.131. The summed E-state index contributed by atoms with van der Waals surface area (Å²) < 4.78 is 0. The van der Waals surface area contributed by atoms with Crippen LogP contribution in [0.5, 0.6) is 0 Å². The zero-order chi connectivity index (χ0) is 12.7. The van der Waals surface area contributed by atoms with E-state index in [0.717, 1.165) is 52.1 Å². The summed E-state index contributed by atoms with van der Waals surface area (Å²) in [7, 11) is 0. The molecule has 17 heavy (non-hydrogen) atoms. The standard InChI is InChI=1S/C13H27N3O/c1-3-5-13(17)16-7-4-6-15(8-9-16)11-12(2)10-14/h12H,3-11,14H2,1-2H3. The smallest absolute Gasteiger partial charge is 0.222 e. The highest BCUT2D eigenvalue weighted by molar-refractivity contribution is 5.76. The molecule has 1 heterocycles. The summed E-state index contributed by atoms with van der Waals surface area (Å²) in [6, 6.07) is 0. The second-order valence-corrected chi connectivity index (χ2v) is 5.13. The summed E-state index contributed by atoms with van der Waals surface area (Å²) in [5.41, 5.74) is 5.65. The molecule has 1 unspecified atom stereocenters. The highest BCUT2D eigenvalue weighted by atomic mass is 16.2. The summed E-state index contributed by atoms with van der Waals surface area (Å²) in [6.07, 6.45) is 2.73. The van der Waals surface area contributed by atoms with Crippen molar-refractivity contribution in [3.05, 3.63) is 0 Å².